The molecule has 142 valence electrons. The lowest BCUT2D eigenvalue weighted by Gasteiger charge is -2.38. The monoisotopic (exact) mass is 380 g/mol. The minimum atomic E-state index is -0.208. The predicted octanol–water partition coefficient (Wildman–Crippen LogP) is 3.48. The van der Waals surface area contributed by atoms with Crippen LogP contribution in [0.2, 0.25) is 5.15 Å². The number of nitrogens with zero attached hydrogens (tertiary/aromatic N) is 4. The molecule has 1 saturated heterocycles. The van der Waals surface area contributed by atoms with Crippen molar-refractivity contribution in [1.29, 1.82) is 0 Å². The van der Waals surface area contributed by atoms with Gasteiger partial charge in [-0.3, -0.25) is 10.1 Å². The van der Waals surface area contributed by atoms with Crippen molar-refractivity contribution >= 4 is 11.6 Å². The van der Waals surface area contributed by atoms with Gasteiger partial charge in [-0.05, 0) is 31.9 Å². The number of pyridine rings is 1. The zero-order chi connectivity index (χ0) is 18.8. The number of ether oxygens (including phenoxy) is 1. The molecule has 2 unspecified atom stereocenters. The second-order valence-electron chi connectivity index (χ2n) is 7.05. The van der Waals surface area contributed by atoms with Crippen molar-refractivity contribution in [1.82, 2.24) is 14.8 Å². The number of nitro groups is 1. The van der Waals surface area contributed by atoms with Gasteiger partial charge in [-0.2, -0.15) is 0 Å². The van der Waals surface area contributed by atoms with Crippen LogP contribution >= 0.6 is 11.6 Å². The van der Waals surface area contributed by atoms with E-state index in [1.807, 2.05) is 26.8 Å². The number of hydrogen-bond acceptors (Lipinski definition) is 6. The Morgan fingerprint density at radius 3 is 2.77 bits per heavy atom. The van der Waals surface area contributed by atoms with Crippen LogP contribution in [0.3, 0.4) is 0 Å². The molecule has 2 atom stereocenters. The minimum absolute atomic E-state index is 0.0745. The highest BCUT2D eigenvalue weighted by Gasteiger charge is 2.46. The van der Waals surface area contributed by atoms with E-state index in [1.165, 1.54) is 0 Å². The maximum Gasteiger partial charge on any atom is 0.289 e. The Labute approximate surface area is 158 Å². The Hall–Kier alpha value is -1.86. The predicted molar refractivity (Wildman–Crippen MR) is 98.8 cm³/mol. The highest BCUT2D eigenvalue weighted by Crippen LogP contribution is 2.39. The summed E-state index contributed by atoms with van der Waals surface area (Å²) in [7, 11) is 0. The zero-order valence-corrected chi connectivity index (χ0v) is 16.1. The normalized spacial score (nSPS) is 23.0. The molecular weight excluding hydrogens is 356 g/mol. The first-order valence-electron chi connectivity index (χ1n) is 9.06. The van der Waals surface area contributed by atoms with Crippen molar-refractivity contribution in [3.63, 3.8) is 0 Å². The first-order chi connectivity index (χ1) is 12.4. The molecule has 1 fully saturated rings. The van der Waals surface area contributed by atoms with Crippen LogP contribution in [-0.2, 0) is 11.3 Å². The second-order valence-corrected chi connectivity index (χ2v) is 7.44. The molecule has 8 heteroatoms. The standard InChI is InChI=1S/C18H25ClN4O3/c1-4-14-9-16(26-12(2)3)22-8-7-21(18(22)17(14)23(24)25)11-13-5-6-15(19)20-10-13/h5-6,10,12,14,16H,4,7-9,11H2,1-3H3. The van der Waals surface area contributed by atoms with Crippen molar-refractivity contribution in [2.24, 2.45) is 5.92 Å². The molecule has 0 spiro atoms. The number of rotatable bonds is 6. The summed E-state index contributed by atoms with van der Waals surface area (Å²) < 4.78 is 6.09. The number of aromatic nitrogens is 1. The maximum atomic E-state index is 11.9. The van der Waals surface area contributed by atoms with E-state index in [1.54, 1.807) is 12.3 Å². The molecule has 0 saturated carbocycles. The van der Waals surface area contributed by atoms with Gasteiger partial charge in [0.2, 0.25) is 0 Å². The third-order valence-electron chi connectivity index (χ3n) is 4.91. The first kappa shape index (κ1) is 18.9. The molecule has 1 aromatic heterocycles. The molecule has 3 rings (SSSR count). The summed E-state index contributed by atoms with van der Waals surface area (Å²) in [5, 5.41) is 12.3. The van der Waals surface area contributed by atoms with Gasteiger partial charge < -0.3 is 14.5 Å². The minimum Gasteiger partial charge on any atom is -0.356 e. The summed E-state index contributed by atoms with van der Waals surface area (Å²) in [6.45, 7) is 8.02. The lowest BCUT2D eigenvalue weighted by molar-refractivity contribution is -0.440. The van der Waals surface area contributed by atoms with Crippen LogP contribution in [-0.4, -0.2) is 45.1 Å². The van der Waals surface area contributed by atoms with Gasteiger partial charge in [0.25, 0.3) is 5.70 Å². The lowest BCUT2D eigenvalue weighted by Crippen LogP contribution is -2.44. The SMILES string of the molecule is CCC1CC(OC(C)C)N2CCN(Cc3ccc(Cl)nc3)C2=C1[N+](=O)[O-]. The van der Waals surface area contributed by atoms with Crippen molar-refractivity contribution < 1.29 is 9.66 Å². The molecule has 0 amide bonds. The fraction of sp³-hybridized carbons (Fsp3) is 0.611. The number of allylic oxidation sites excluding steroid dienone is 1. The largest absolute Gasteiger partial charge is 0.356 e. The highest BCUT2D eigenvalue weighted by atomic mass is 35.5. The van der Waals surface area contributed by atoms with Crippen LogP contribution in [0, 0.1) is 16.0 Å². The molecule has 0 aliphatic carbocycles. The molecule has 2 aliphatic heterocycles. The van der Waals surface area contributed by atoms with Crippen LogP contribution in [0.1, 0.15) is 39.2 Å². The summed E-state index contributed by atoms with van der Waals surface area (Å²) in [6.07, 6.45) is 3.06. The fourth-order valence-electron chi connectivity index (χ4n) is 3.78. The van der Waals surface area contributed by atoms with Gasteiger partial charge in [0.05, 0.1) is 16.9 Å². The molecule has 0 radical (unpaired) electrons. The molecule has 0 N–H and O–H groups in total. The lowest BCUT2D eigenvalue weighted by atomic mass is 9.93. The molecule has 0 aromatic carbocycles. The van der Waals surface area contributed by atoms with E-state index in [9.17, 15) is 10.1 Å². The zero-order valence-electron chi connectivity index (χ0n) is 15.4. The molecule has 0 bridgehead atoms. The van der Waals surface area contributed by atoms with Crippen molar-refractivity contribution in [2.45, 2.75) is 52.5 Å². The third-order valence-corrected chi connectivity index (χ3v) is 5.14. The summed E-state index contributed by atoms with van der Waals surface area (Å²) in [6, 6.07) is 3.65. The summed E-state index contributed by atoms with van der Waals surface area (Å²) >= 11 is 5.86. The van der Waals surface area contributed by atoms with Gasteiger partial charge in [0, 0.05) is 32.3 Å². The molecule has 1 aromatic rings. The van der Waals surface area contributed by atoms with Gasteiger partial charge in [0.1, 0.15) is 11.4 Å². The van der Waals surface area contributed by atoms with Crippen LogP contribution in [0.5, 0.6) is 0 Å². The number of fused-ring (bicyclic) bond motifs is 1. The van der Waals surface area contributed by atoms with E-state index >= 15 is 0 Å². The van der Waals surface area contributed by atoms with Crippen molar-refractivity contribution in [3.05, 3.63) is 50.7 Å². The van der Waals surface area contributed by atoms with Gasteiger partial charge in [-0.1, -0.05) is 24.6 Å². The Balaban J connectivity index is 1.95. The second kappa shape index (κ2) is 7.80. The van der Waals surface area contributed by atoms with Crippen molar-refractivity contribution in [3.8, 4) is 0 Å². The van der Waals surface area contributed by atoms with E-state index in [-0.39, 0.29) is 23.2 Å². The van der Waals surface area contributed by atoms with E-state index in [2.05, 4.69) is 14.8 Å². The van der Waals surface area contributed by atoms with Gasteiger partial charge in [0.15, 0.2) is 5.82 Å². The fourth-order valence-corrected chi connectivity index (χ4v) is 3.90. The Morgan fingerprint density at radius 1 is 1.42 bits per heavy atom. The van der Waals surface area contributed by atoms with Gasteiger partial charge in [-0.25, -0.2) is 4.98 Å². The topological polar surface area (TPSA) is 71.7 Å². The third kappa shape index (κ3) is 3.78. The first-order valence-corrected chi connectivity index (χ1v) is 9.44. The molecule has 2 aliphatic rings. The van der Waals surface area contributed by atoms with E-state index < -0.39 is 0 Å². The average Bonchev–Trinajstić information content (AvgIpc) is 2.99. The summed E-state index contributed by atoms with van der Waals surface area (Å²) in [4.78, 5) is 19.9. The van der Waals surface area contributed by atoms with E-state index in [0.717, 1.165) is 25.1 Å². The number of halogens is 1. The highest BCUT2D eigenvalue weighted by molar-refractivity contribution is 6.29. The molecule has 3 heterocycles. The van der Waals surface area contributed by atoms with E-state index in [4.69, 9.17) is 16.3 Å². The van der Waals surface area contributed by atoms with Crippen molar-refractivity contribution in [2.75, 3.05) is 13.1 Å². The quantitative estimate of drug-likeness (QED) is 0.427. The van der Waals surface area contributed by atoms with E-state index in [0.29, 0.717) is 29.6 Å². The molecular formula is C18H25ClN4O3. The van der Waals surface area contributed by atoms with Crippen LogP contribution in [0.15, 0.2) is 29.8 Å². The molecule has 26 heavy (non-hydrogen) atoms. The van der Waals surface area contributed by atoms with Crippen LogP contribution in [0.4, 0.5) is 0 Å². The van der Waals surface area contributed by atoms with Gasteiger partial charge in [-0.15, -0.1) is 0 Å². The Kier molecular flexibility index (Phi) is 5.67. The van der Waals surface area contributed by atoms with Crippen LogP contribution < -0.4 is 0 Å². The average molecular weight is 381 g/mol. The smallest absolute Gasteiger partial charge is 0.289 e. The Bertz CT molecular complexity index is 692. The maximum absolute atomic E-state index is 11.9. The molecule has 7 nitrogen and oxygen atoms in total. The summed E-state index contributed by atoms with van der Waals surface area (Å²) in [5.41, 5.74) is 1.29. The van der Waals surface area contributed by atoms with Crippen LogP contribution in [0.25, 0.3) is 0 Å². The Morgan fingerprint density at radius 2 is 2.19 bits per heavy atom. The van der Waals surface area contributed by atoms with Gasteiger partial charge >= 0.3 is 0 Å². The number of hydrogen-bond donors (Lipinski definition) is 0. The summed E-state index contributed by atoms with van der Waals surface area (Å²) in [5.74, 6) is 0.595.